The van der Waals surface area contributed by atoms with Gasteiger partial charge in [-0.3, -0.25) is 4.57 Å². The maximum atomic E-state index is 11.0. The predicted octanol–water partition coefficient (Wildman–Crippen LogP) is 0.339. The number of aromatic nitrogens is 2. The van der Waals surface area contributed by atoms with Gasteiger partial charge < -0.3 is 14.6 Å². The first kappa shape index (κ1) is 20.9. The van der Waals surface area contributed by atoms with E-state index in [4.69, 9.17) is 4.74 Å². The van der Waals surface area contributed by atoms with Crippen LogP contribution >= 0.6 is 0 Å². The van der Waals surface area contributed by atoms with Crippen LogP contribution < -0.4 is 39.4 Å². The number of aliphatic carboxylic acids is 1. The van der Waals surface area contributed by atoms with Crippen molar-refractivity contribution in [3.8, 4) is 34.2 Å². The Labute approximate surface area is 190 Å². The number of nitrogens with zero attached hydrogens (tertiary/aromatic N) is 2. The minimum atomic E-state index is -1.30. The standard InChI is InChI=1S/C23H18N2O3.Na/c26-20(27)16-28-23-24-21(17-10-4-1-5-11-17)22(18-12-6-2-7-13-18)25(23)19-14-8-3-9-15-19;/h1-15H,16H2,(H,26,27);/q;+1/p-1. The predicted molar refractivity (Wildman–Crippen MR) is 105 cm³/mol. The Morgan fingerprint density at radius 2 is 1.34 bits per heavy atom. The summed E-state index contributed by atoms with van der Waals surface area (Å²) in [4.78, 5) is 15.6. The van der Waals surface area contributed by atoms with Gasteiger partial charge in [0.2, 0.25) is 0 Å². The normalized spacial score (nSPS) is 10.2. The molecule has 1 heterocycles. The Hall–Kier alpha value is -2.86. The molecule has 0 N–H and O–H groups in total. The molecule has 0 saturated heterocycles. The first-order chi connectivity index (χ1) is 13.7. The number of imidazole rings is 1. The Morgan fingerprint density at radius 3 is 1.90 bits per heavy atom. The minimum absolute atomic E-state index is 0. The number of hydrogen-bond acceptors (Lipinski definition) is 4. The van der Waals surface area contributed by atoms with Gasteiger partial charge in [0.05, 0.1) is 17.4 Å². The first-order valence-corrected chi connectivity index (χ1v) is 8.85. The summed E-state index contributed by atoms with van der Waals surface area (Å²) in [6, 6.07) is 29.4. The van der Waals surface area contributed by atoms with Gasteiger partial charge in [0.15, 0.2) is 0 Å². The fourth-order valence-electron chi connectivity index (χ4n) is 3.10. The third kappa shape index (κ3) is 4.59. The zero-order chi connectivity index (χ0) is 19.3. The molecule has 0 spiro atoms. The number of carboxylic acid groups (broad SMARTS) is 1. The molecular weight excluding hydrogens is 375 g/mol. The van der Waals surface area contributed by atoms with E-state index in [1.807, 2.05) is 95.6 Å². The van der Waals surface area contributed by atoms with Crippen molar-refractivity contribution in [1.82, 2.24) is 9.55 Å². The number of carboxylic acids is 1. The van der Waals surface area contributed by atoms with Crippen LogP contribution in [0.4, 0.5) is 0 Å². The molecule has 4 aromatic rings. The van der Waals surface area contributed by atoms with Crippen molar-refractivity contribution < 1.29 is 44.2 Å². The summed E-state index contributed by atoms with van der Waals surface area (Å²) < 4.78 is 7.34. The van der Waals surface area contributed by atoms with Crippen LogP contribution in [-0.4, -0.2) is 22.1 Å². The van der Waals surface area contributed by atoms with Crippen molar-refractivity contribution in [3.05, 3.63) is 91.0 Å². The van der Waals surface area contributed by atoms with E-state index >= 15 is 0 Å². The van der Waals surface area contributed by atoms with Crippen LogP contribution in [0.5, 0.6) is 6.01 Å². The van der Waals surface area contributed by atoms with Crippen molar-refractivity contribution in [2.45, 2.75) is 0 Å². The van der Waals surface area contributed by atoms with Gasteiger partial charge in [0.1, 0.15) is 12.3 Å². The number of ether oxygens (including phenoxy) is 1. The number of hydrogen-bond donors (Lipinski definition) is 0. The maximum Gasteiger partial charge on any atom is 1.00 e. The Kier molecular flexibility index (Phi) is 6.88. The number of rotatable bonds is 6. The monoisotopic (exact) mass is 392 g/mol. The topological polar surface area (TPSA) is 67.2 Å². The third-order valence-corrected chi connectivity index (χ3v) is 4.27. The second kappa shape index (κ2) is 9.56. The van der Waals surface area contributed by atoms with Crippen LogP contribution in [0.15, 0.2) is 91.0 Å². The fourth-order valence-corrected chi connectivity index (χ4v) is 3.10. The van der Waals surface area contributed by atoms with Crippen LogP contribution in [0, 0.1) is 0 Å². The largest absolute Gasteiger partial charge is 1.00 e. The molecule has 6 heteroatoms. The summed E-state index contributed by atoms with van der Waals surface area (Å²) in [5.74, 6) is -1.30. The van der Waals surface area contributed by atoms with Gasteiger partial charge in [-0.05, 0) is 12.1 Å². The molecule has 0 aliphatic heterocycles. The number of para-hydroxylation sites is 1. The molecule has 0 bridgehead atoms. The molecule has 0 amide bonds. The molecule has 0 aliphatic carbocycles. The molecule has 4 rings (SSSR count). The van der Waals surface area contributed by atoms with E-state index in [9.17, 15) is 9.90 Å². The van der Waals surface area contributed by atoms with Crippen LogP contribution in [0.25, 0.3) is 28.2 Å². The Bertz CT molecular complexity index is 1080. The first-order valence-electron chi connectivity index (χ1n) is 8.85. The molecule has 0 atom stereocenters. The average molecular weight is 392 g/mol. The zero-order valence-electron chi connectivity index (χ0n) is 16.0. The zero-order valence-corrected chi connectivity index (χ0v) is 18.0. The quantitative estimate of drug-likeness (QED) is 0.444. The van der Waals surface area contributed by atoms with E-state index < -0.39 is 12.6 Å². The van der Waals surface area contributed by atoms with Gasteiger partial charge in [-0.1, -0.05) is 78.9 Å². The molecule has 0 aliphatic rings. The van der Waals surface area contributed by atoms with Gasteiger partial charge in [-0.25, -0.2) is 0 Å². The Balaban J connectivity index is 0.00000240. The van der Waals surface area contributed by atoms with E-state index in [-0.39, 0.29) is 35.6 Å². The minimum Gasteiger partial charge on any atom is -0.546 e. The van der Waals surface area contributed by atoms with Crippen molar-refractivity contribution in [1.29, 1.82) is 0 Å². The van der Waals surface area contributed by atoms with Gasteiger partial charge in [-0.15, -0.1) is 0 Å². The Morgan fingerprint density at radius 1 is 0.828 bits per heavy atom. The molecule has 0 radical (unpaired) electrons. The van der Waals surface area contributed by atoms with Crippen LogP contribution in [0.3, 0.4) is 0 Å². The van der Waals surface area contributed by atoms with E-state index in [1.165, 1.54) is 0 Å². The maximum absolute atomic E-state index is 11.0. The van der Waals surface area contributed by atoms with Crippen molar-refractivity contribution in [2.75, 3.05) is 6.61 Å². The van der Waals surface area contributed by atoms with Crippen molar-refractivity contribution in [3.63, 3.8) is 0 Å². The molecule has 0 fully saturated rings. The van der Waals surface area contributed by atoms with Crippen molar-refractivity contribution in [2.24, 2.45) is 0 Å². The molecule has 1 aromatic heterocycles. The molecule has 0 unspecified atom stereocenters. The fraction of sp³-hybridized carbons (Fsp3) is 0.0435. The van der Waals surface area contributed by atoms with Gasteiger partial charge in [0, 0.05) is 11.1 Å². The number of carbonyl (C=O) groups is 1. The van der Waals surface area contributed by atoms with Crippen molar-refractivity contribution >= 4 is 5.97 Å². The smallest absolute Gasteiger partial charge is 0.546 e. The third-order valence-electron chi connectivity index (χ3n) is 4.27. The summed E-state index contributed by atoms with van der Waals surface area (Å²) in [5.41, 5.74) is 4.22. The number of carbonyl (C=O) groups excluding carboxylic acids is 1. The van der Waals surface area contributed by atoms with Gasteiger partial charge >= 0.3 is 35.6 Å². The molecular formula is C23H17N2NaO3. The summed E-state index contributed by atoms with van der Waals surface area (Å²) in [6.45, 7) is -0.577. The summed E-state index contributed by atoms with van der Waals surface area (Å²) in [7, 11) is 0. The molecule has 3 aromatic carbocycles. The van der Waals surface area contributed by atoms with Crippen LogP contribution in [0.2, 0.25) is 0 Å². The molecule has 0 saturated carbocycles. The van der Waals surface area contributed by atoms with Crippen LogP contribution in [0.1, 0.15) is 0 Å². The van der Waals surface area contributed by atoms with Gasteiger partial charge in [0.25, 0.3) is 0 Å². The van der Waals surface area contributed by atoms with E-state index in [2.05, 4.69) is 4.98 Å². The van der Waals surface area contributed by atoms with Gasteiger partial charge in [-0.2, -0.15) is 4.98 Å². The second-order valence-corrected chi connectivity index (χ2v) is 6.16. The van der Waals surface area contributed by atoms with E-state index in [0.717, 1.165) is 22.5 Å². The second-order valence-electron chi connectivity index (χ2n) is 6.16. The van der Waals surface area contributed by atoms with E-state index in [0.29, 0.717) is 5.69 Å². The summed E-state index contributed by atoms with van der Waals surface area (Å²) in [5, 5.41) is 11.0. The number of benzene rings is 3. The van der Waals surface area contributed by atoms with Crippen LogP contribution in [-0.2, 0) is 4.79 Å². The molecule has 138 valence electrons. The van der Waals surface area contributed by atoms with E-state index in [1.54, 1.807) is 0 Å². The average Bonchev–Trinajstić information content (AvgIpc) is 3.14. The molecule has 5 nitrogen and oxygen atoms in total. The summed E-state index contributed by atoms with van der Waals surface area (Å²) >= 11 is 0. The SMILES string of the molecule is O=C([O-])COc1nc(-c2ccccc2)c(-c2ccccc2)n1-c1ccccc1.[Na+]. The summed E-state index contributed by atoms with van der Waals surface area (Å²) in [6.07, 6.45) is 0. The molecule has 29 heavy (non-hydrogen) atoms.